The number of nitrogens with one attached hydrogen (secondary N) is 2. The summed E-state index contributed by atoms with van der Waals surface area (Å²) in [5, 5.41) is 5.35. The zero-order valence-corrected chi connectivity index (χ0v) is 20.8. The third-order valence-corrected chi connectivity index (χ3v) is 5.79. The molecule has 5 amide bonds. The van der Waals surface area contributed by atoms with Crippen molar-refractivity contribution in [3.05, 3.63) is 59.7 Å². The molecule has 0 bridgehead atoms. The number of rotatable bonds is 9. The second kappa shape index (κ2) is 10.6. The number of carbonyl (C=O) groups is 4. The highest BCUT2D eigenvalue weighted by Gasteiger charge is 2.49. The Kier molecular flexibility index (Phi) is 7.78. The Hall–Kier alpha value is -3.88. The van der Waals surface area contributed by atoms with Crippen molar-refractivity contribution >= 4 is 29.4 Å². The Balaban J connectivity index is 1.62. The second-order valence-electron chi connectivity index (χ2n) is 9.33. The van der Waals surface area contributed by atoms with Crippen LogP contribution in [0.1, 0.15) is 43.1 Å². The summed E-state index contributed by atoms with van der Waals surface area (Å²) >= 11 is 0. The van der Waals surface area contributed by atoms with Gasteiger partial charge in [0, 0.05) is 25.3 Å². The molecule has 35 heavy (non-hydrogen) atoms. The van der Waals surface area contributed by atoms with Crippen LogP contribution >= 0.6 is 0 Å². The standard InChI is InChI=1S/C26H32N4O5/c1-17(2)14-15-35-21-12-8-19(9-13-21)26(3)24(33)30(25(34)28-26)16-22(31)27-20-10-6-18(7-11-20)23(32)29(4)5/h6-13,17H,14-16H2,1-5H3,(H,27,31)(H,28,34)/t26-/m0/s1. The number of anilines is 1. The lowest BCUT2D eigenvalue weighted by molar-refractivity contribution is -0.133. The van der Waals surface area contributed by atoms with E-state index < -0.39 is 29.9 Å². The minimum atomic E-state index is -1.29. The Labute approximate surface area is 205 Å². The number of hydrogen-bond donors (Lipinski definition) is 2. The van der Waals surface area contributed by atoms with Crippen molar-refractivity contribution < 1.29 is 23.9 Å². The third-order valence-electron chi connectivity index (χ3n) is 5.79. The molecule has 0 radical (unpaired) electrons. The van der Waals surface area contributed by atoms with E-state index in [1.54, 1.807) is 69.6 Å². The van der Waals surface area contributed by atoms with E-state index in [4.69, 9.17) is 4.74 Å². The maximum atomic E-state index is 13.1. The molecule has 2 aromatic rings. The Morgan fingerprint density at radius 3 is 2.26 bits per heavy atom. The summed E-state index contributed by atoms with van der Waals surface area (Å²) in [4.78, 5) is 52.6. The molecule has 1 aliphatic heterocycles. The van der Waals surface area contributed by atoms with Crippen molar-refractivity contribution in [2.75, 3.05) is 32.6 Å². The van der Waals surface area contributed by atoms with Crippen molar-refractivity contribution in [1.82, 2.24) is 15.1 Å². The maximum absolute atomic E-state index is 13.1. The molecule has 2 N–H and O–H groups in total. The molecule has 1 atom stereocenters. The van der Waals surface area contributed by atoms with Crippen molar-refractivity contribution in [1.29, 1.82) is 0 Å². The Morgan fingerprint density at radius 1 is 1.06 bits per heavy atom. The predicted molar refractivity (Wildman–Crippen MR) is 132 cm³/mol. The zero-order chi connectivity index (χ0) is 25.8. The van der Waals surface area contributed by atoms with Crippen LogP contribution in [0.3, 0.4) is 0 Å². The third kappa shape index (κ3) is 5.98. The summed E-state index contributed by atoms with van der Waals surface area (Å²) in [7, 11) is 3.31. The molecule has 0 spiro atoms. The highest BCUT2D eigenvalue weighted by Crippen LogP contribution is 2.30. The predicted octanol–water partition coefficient (Wildman–Crippen LogP) is 3.22. The summed E-state index contributed by atoms with van der Waals surface area (Å²) in [5.41, 5.74) is 0.237. The van der Waals surface area contributed by atoms with Gasteiger partial charge in [-0.25, -0.2) is 4.79 Å². The molecule has 9 nitrogen and oxygen atoms in total. The summed E-state index contributed by atoms with van der Waals surface area (Å²) in [6.45, 7) is 6.02. The smallest absolute Gasteiger partial charge is 0.325 e. The number of urea groups is 1. The summed E-state index contributed by atoms with van der Waals surface area (Å²) in [6, 6.07) is 12.7. The molecule has 0 unspecified atom stereocenters. The highest BCUT2D eigenvalue weighted by molar-refractivity contribution is 6.10. The van der Waals surface area contributed by atoms with E-state index in [9.17, 15) is 19.2 Å². The first-order valence-electron chi connectivity index (χ1n) is 11.5. The summed E-state index contributed by atoms with van der Waals surface area (Å²) < 4.78 is 5.72. The maximum Gasteiger partial charge on any atom is 0.325 e. The molecular weight excluding hydrogens is 448 g/mol. The Bertz CT molecular complexity index is 1100. The van der Waals surface area contributed by atoms with E-state index >= 15 is 0 Å². The lowest BCUT2D eigenvalue weighted by Gasteiger charge is -2.22. The van der Waals surface area contributed by atoms with Crippen LogP contribution in [0.2, 0.25) is 0 Å². The fourth-order valence-corrected chi connectivity index (χ4v) is 3.63. The van der Waals surface area contributed by atoms with Crippen molar-refractivity contribution in [3.8, 4) is 5.75 Å². The van der Waals surface area contributed by atoms with Gasteiger partial charge in [-0.05, 0) is 61.2 Å². The average molecular weight is 481 g/mol. The van der Waals surface area contributed by atoms with E-state index in [1.165, 1.54) is 4.90 Å². The number of carbonyl (C=O) groups excluding carboxylic acids is 4. The average Bonchev–Trinajstić information content (AvgIpc) is 3.03. The van der Waals surface area contributed by atoms with Crippen LogP contribution in [0.15, 0.2) is 48.5 Å². The number of ether oxygens (including phenoxy) is 1. The fourth-order valence-electron chi connectivity index (χ4n) is 3.63. The molecular formula is C26H32N4O5. The molecule has 9 heteroatoms. The molecule has 1 heterocycles. The molecule has 0 saturated carbocycles. The van der Waals surface area contributed by atoms with Gasteiger partial charge in [-0.15, -0.1) is 0 Å². The lowest BCUT2D eigenvalue weighted by atomic mass is 9.92. The first-order valence-corrected chi connectivity index (χ1v) is 11.5. The van der Waals surface area contributed by atoms with Crippen LogP contribution in [-0.2, 0) is 15.1 Å². The van der Waals surface area contributed by atoms with Crippen molar-refractivity contribution in [3.63, 3.8) is 0 Å². The van der Waals surface area contributed by atoms with Crippen LogP contribution < -0.4 is 15.4 Å². The lowest BCUT2D eigenvalue weighted by Crippen LogP contribution is -2.42. The van der Waals surface area contributed by atoms with Gasteiger partial charge in [0.1, 0.15) is 17.8 Å². The van der Waals surface area contributed by atoms with Crippen molar-refractivity contribution in [2.45, 2.75) is 32.7 Å². The normalized spacial score (nSPS) is 17.4. The van der Waals surface area contributed by atoms with Gasteiger partial charge in [-0.3, -0.25) is 19.3 Å². The molecule has 3 rings (SSSR count). The molecule has 2 aromatic carbocycles. The SMILES string of the molecule is CC(C)CCOc1ccc([C@]2(C)NC(=O)N(CC(=O)Nc3ccc(C(=O)N(C)C)cc3)C2=O)cc1. The van der Waals surface area contributed by atoms with Gasteiger partial charge >= 0.3 is 6.03 Å². The van der Waals surface area contributed by atoms with E-state index in [-0.39, 0.29) is 5.91 Å². The summed E-state index contributed by atoms with van der Waals surface area (Å²) in [5.74, 6) is 0.0201. The van der Waals surface area contributed by atoms with Crippen LogP contribution in [0.5, 0.6) is 5.75 Å². The number of imide groups is 1. The Morgan fingerprint density at radius 2 is 1.69 bits per heavy atom. The van der Waals surface area contributed by atoms with Gasteiger partial charge in [-0.2, -0.15) is 0 Å². The van der Waals surface area contributed by atoms with Gasteiger partial charge in [0.2, 0.25) is 5.91 Å². The summed E-state index contributed by atoms with van der Waals surface area (Å²) in [6.07, 6.45) is 0.934. The van der Waals surface area contributed by atoms with Gasteiger partial charge in [0.15, 0.2) is 0 Å². The first-order chi connectivity index (χ1) is 16.5. The molecule has 1 fully saturated rings. The zero-order valence-electron chi connectivity index (χ0n) is 20.8. The minimum absolute atomic E-state index is 0.156. The van der Waals surface area contributed by atoms with Crippen LogP contribution in [0, 0.1) is 5.92 Å². The topological polar surface area (TPSA) is 108 Å². The number of nitrogens with zero attached hydrogens (tertiary/aromatic N) is 2. The molecule has 0 aromatic heterocycles. The van der Waals surface area contributed by atoms with E-state index in [2.05, 4.69) is 24.5 Å². The largest absolute Gasteiger partial charge is 0.494 e. The van der Waals surface area contributed by atoms with E-state index in [0.29, 0.717) is 35.1 Å². The van der Waals surface area contributed by atoms with E-state index in [1.807, 2.05) is 0 Å². The number of benzene rings is 2. The minimum Gasteiger partial charge on any atom is -0.494 e. The fraction of sp³-hybridized carbons (Fsp3) is 0.385. The van der Waals surface area contributed by atoms with Gasteiger partial charge in [0.05, 0.1) is 6.61 Å². The highest BCUT2D eigenvalue weighted by atomic mass is 16.5. The number of amides is 5. The molecule has 1 saturated heterocycles. The molecule has 186 valence electrons. The quantitative estimate of drug-likeness (QED) is 0.536. The monoisotopic (exact) mass is 480 g/mol. The van der Waals surface area contributed by atoms with Crippen LogP contribution in [0.4, 0.5) is 10.5 Å². The second-order valence-corrected chi connectivity index (χ2v) is 9.33. The van der Waals surface area contributed by atoms with Crippen molar-refractivity contribution in [2.24, 2.45) is 5.92 Å². The van der Waals surface area contributed by atoms with Gasteiger partial charge in [-0.1, -0.05) is 26.0 Å². The van der Waals surface area contributed by atoms with Crippen LogP contribution in [0.25, 0.3) is 0 Å². The van der Waals surface area contributed by atoms with Gasteiger partial charge < -0.3 is 20.3 Å². The van der Waals surface area contributed by atoms with Gasteiger partial charge in [0.25, 0.3) is 11.8 Å². The van der Waals surface area contributed by atoms with Crippen LogP contribution in [-0.4, -0.2) is 60.8 Å². The molecule has 1 aliphatic rings. The van der Waals surface area contributed by atoms with E-state index in [0.717, 1.165) is 11.3 Å². The number of hydrogen-bond acceptors (Lipinski definition) is 5. The first kappa shape index (κ1) is 25.7. The molecule has 0 aliphatic carbocycles.